The maximum absolute atomic E-state index is 10.2. The smallest absolute Gasteiger partial charge is 0.0711 e. The highest BCUT2D eigenvalue weighted by Crippen LogP contribution is 2.23. The number of likely N-dealkylation sites (tertiary alicyclic amines) is 1. The van der Waals surface area contributed by atoms with Gasteiger partial charge in [0.2, 0.25) is 0 Å². The van der Waals surface area contributed by atoms with E-state index in [2.05, 4.69) is 20.9 Å². The lowest BCUT2D eigenvalue weighted by atomic mass is 10.0. The minimum absolute atomic E-state index is 0.154. The Morgan fingerprint density at radius 2 is 2.15 bits per heavy atom. The van der Waals surface area contributed by atoms with Gasteiger partial charge in [-0.3, -0.25) is 14.9 Å². The van der Waals surface area contributed by atoms with Crippen molar-refractivity contribution >= 4 is 0 Å². The minimum atomic E-state index is -0.265. The van der Waals surface area contributed by atoms with Crippen molar-refractivity contribution in [3.63, 3.8) is 0 Å². The van der Waals surface area contributed by atoms with Crippen LogP contribution in [0.3, 0.4) is 0 Å². The Bertz CT molecular complexity index is 532. The zero-order chi connectivity index (χ0) is 13.8. The van der Waals surface area contributed by atoms with Gasteiger partial charge >= 0.3 is 0 Å². The fourth-order valence-electron chi connectivity index (χ4n) is 2.82. The fourth-order valence-corrected chi connectivity index (χ4v) is 2.82. The molecule has 4 heteroatoms. The molecule has 2 aromatic heterocycles. The molecule has 2 atom stereocenters. The molecular weight excluding hydrogens is 250 g/mol. The number of aliphatic hydroxyl groups excluding tert-OH is 1. The maximum atomic E-state index is 10.2. The lowest BCUT2D eigenvalue weighted by Crippen LogP contribution is -2.36. The van der Waals surface area contributed by atoms with Crippen molar-refractivity contribution in [3.05, 3.63) is 60.2 Å². The first-order valence-corrected chi connectivity index (χ1v) is 7.04. The van der Waals surface area contributed by atoms with E-state index in [1.165, 1.54) is 5.56 Å². The molecule has 1 fully saturated rings. The van der Waals surface area contributed by atoms with Crippen LogP contribution in [0.4, 0.5) is 0 Å². The zero-order valence-electron chi connectivity index (χ0n) is 11.4. The summed E-state index contributed by atoms with van der Waals surface area (Å²) in [5, 5.41) is 10.2. The largest absolute Gasteiger partial charge is 0.391 e. The Morgan fingerprint density at radius 3 is 2.90 bits per heavy atom. The van der Waals surface area contributed by atoms with Gasteiger partial charge in [-0.2, -0.15) is 0 Å². The molecule has 0 amide bonds. The van der Waals surface area contributed by atoms with Crippen molar-refractivity contribution in [1.29, 1.82) is 0 Å². The molecule has 0 aromatic carbocycles. The normalized spacial score (nSPS) is 23.1. The average molecular weight is 269 g/mol. The Labute approximate surface area is 119 Å². The first-order valence-electron chi connectivity index (χ1n) is 7.04. The summed E-state index contributed by atoms with van der Waals surface area (Å²) in [7, 11) is 0. The third-order valence-corrected chi connectivity index (χ3v) is 3.88. The van der Waals surface area contributed by atoms with Crippen molar-refractivity contribution in [2.45, 2.75) is 31.5 Å². The molecule has 0 spiro atoms. The summed E-state index contributed by atoms with van der Waals surface area (Å²) in [5.74, 6) is 0. The number of pyridine rings is 2. The Hall–Kier alpha value is -1.78. The summed E-state index contributed by atoms with van der Waals surface area (Å²) in [6.45, 7) is 1.71. The second-order valence-electron chi connectivity index (χ2n) is 5.28. The van der Waals surface area contributed by atoms with Crippen molar-refractivity contribution in [1.82, 2.24) is 14.9 Å². The van der Waals surface area contributed by atoms with Gasteiger partial charge in [-0.15, -0.1) is 0 Å². The molecule has 104 valence electrons. The molecule has 3 heterocycles. The second-order valence-corrected chi connectivity index (χ2v) is 5.28. The van der Waals surface area contributed by atoms with Gasteiger partial charge in [-0.05, 0) is 36.6 Å². The topological polar surface area (TPSA) is 49.2 Å². The van der Waals surface area contributed by atoms with E-state index in [-0.39, 0.29) is 12.1 Å². The van der Waals surface area contributed by atoms with Crippen LogP contribution in [0.15, 0.2) is 48.9 Å². The second kappa shape index (κ2) is 6.11. The quantitative estimate of drug-likeness (QED) is 0.917. The number of aliphatic hydroxyl groups is 1. The van der Waals surface area contributed by atoms with E-state index in [4.69, 9.17) is 0 Å². The third kappa shape index (κ3) is 3.03. The van der Waals surface area contributed by atoms with Crippen molar-refractivity contribution in [2.24, 2.45) is 0 Å². The van der Waals surface area contributed by atoms with Crippen molar-refractivity contribution < 1.29 is 5.11 Å². The molecule has 3 rings (SSSR count). The van der Waals surface area contributed by atoms with Crippen LogP contribution in [0.5, 0.6) is 0 Å². The van der Waals surface area contributed by atoms with E-state index in [1.54, 1.807) is 6.20 Å². The van der Waals surface area contributed by atoms with Gasteiger partial charge < -0.3 is 5.11 Å². The predicted molar refractivity (Wildman–Crippen MR) is 77.0 cm³/mol. The zero-order valence-corrected chi connectivity index (χ0v) is 11.4. The number of hydrogen-bond acceptors (Lipinski definition) is 4. The summed E-state index contributed by atoms with van der Waals surface area (Å²) in [4.78, 5) is 10.8. The third-order valence-electron chi connectivity index (χ3n) is 3.88. The van der Waals surface area contributed by atoms with Crippen LogP contribution >= 0.6 is 0 Å². The molecular formula is C16H19N3O. The minimum Gasteiger partial charge on any atom is -0.391 e. The molecule has 2 aromatic rings. The number of aromatic nitrogens is 2. The Morgan fingerprint density at radius 1 is 1.20 bits per heavy atom. The summed E-state index contributed by atoms with van der Waals surface area (Å²) in [6, 6.07) is 10.1. The highest BCUT2D eigenvalue weighted by atomic mass is 16.3. The molecule has 1 aliphatic heterocycles. The standard InChI is InChI=1S/C16H19N3O/c20-16-6-9-19(12-14-5-1-2-8-18-14)15(16)10-13-4-3-7-17-11-13/h1-5,7-8,11,15-16,20H,6,9-10,12H2/t15-,16-/m0/s1. The highest BCUT2D eigenvalue weighted by molar-refractivity contribution is 5.12. The number of hydrogen-bond donors (Lipinski definition) is 1. The Balaban J connectivity index is 1.70. The van der Waals surface area contributed by atoms with Crippen molar-refractivity contribution in [2.75, 3.05) is 6.54 Å². The van der Waals surface area contributed by atoms with Crippen LogP contribution in [-0.4, -0.2) is 38.7 Å². The van der Waals surface area contributed by atoms with Crippen molar-refractivity contribution in [3.8, 4) is 0 Å². The van der Waals surface area contributed by atoms with Gasteiger partial charge in [0.25, 0.3) is 0 Å². The number of rotatable bonds is 4. The summed E-state index contributed by atoms with van der Waals surface area (Å²) in [6.07, 6.45) is 6.88. The molecule has 0 unspecified atom stereocenters. The SMILES string of the molecule is O[C@H]1CCN(Cc2ccccn2)[C@H]1Cc1cccnc1. The molecule has 1 N–H and O–H groups in total. The lowest BCUT2D eigenvalue weighted by molar-refractivity contribution is 0.112. The molecule has 1 aliphatic rings. The van der Waals surface area contributed by atoms with E-state index in [9.17, 15) is 5.11 Å². The van der Waals surface area contributed by atoms with Gasteiger partial charge in [0.05, 0.1) is 11.8 Å². The molecule has 0 radical (unpaired) electrons. The lowest BCUT2D eigenvalue weighted by Gasteiger charge is -2.25. The highest BCUT2D eigenvalue weighted by Gasteiger charge is 2.32. The van der Waals surface area contributed by atoms with Crippen LogP contribution in [0, 0.1) is 0 Å². The fraction of sp³-hybridized carbons (Fsp3) is 0.375. The van der Waals surface area contributed by atoms with Gasteiger partial charge in [-0.1, -0.05) is 12.1 Å². The molecule has 0 saturated carbocycles. The van der Waals surface area contributed by atoms with Gasteiger partial charge in [-0.25, -0.2) is 0 Å². The van der Waals surface area contributed by atoms with Gasteiger partial charge in [0.1, 0.15) is 0 Å². The maximum Gasteiger partial charge on any atom is 0.0711 e. The predicted octanol–water partition coefficient (Wildman–Crippen LogP) is 1.65. The molecule has 20 heavy (non-hydrogen) atoms. The van der Waals surface area contributed by atoms with E-state index in [0.29, 0.717) is 0 Å². The summed E-state index contributed by atoms with van der Waals surface area (Å²) < 4.78 is 0. The summed E-state index contributed by atoms with van der Waals surface area (Å²) >= 11 is 0. The first kappa shape index (κ1) is 13.2. The van der Waals surface area contributed by atoms with Gasteiger partial charge in [0.15, 0.2) is 0 Å². The van der Waals surface area contributed by atoms with Crippen LogP contribution in [0.2, 0.25) is 0 Å². The first-order chi connectivity index (χ1) is 9.83. The van der Waals surface area contributed by atoms with Crippen LogP contribution in [-0.2, 0) is 13.0 Å². The molecule has 4 nitrogen and oxygen atoms in total. The van der Waals surface area contributed by atoms with E-state index in [0.717, 1.165) is 31.6 Å². The Kier molecular flexibility index (Phi) is 4.04. The van der Waals surface area contributed by atoms with Gasteiger partial charge in [0, 0.05) is 37.7 Å². The number of nitrogens with zero attached hydrogens (tertiary/aromatic N) is 3. The van der Waals surface area contributed by atoms with E-state index >= 15 is 0 Å². The van der Waals surface area contributed by atoms with E-state index in [1.807, 2.05) is 36.7 Å². The monoisotopic (exact) mass is 269 g/mol. The summed E-state index contributed by atoms with van der Waals surface area (Å²) in [5.41, 5.74) is 2.22. The van der Waals surface area contributed by atoms with Crippen LogP contribution in [0.1, 0.15) is 17.7 Å². The molecule has 0 aliphatic carbocycles. The molecule has 0 bridgehead atoms. The molecule has 1 saturated heterocycles. The van der Waals surface area contributed by atoms with Crippen LogP contribution in [0.25, 0.3) is 0 Å². The average Bonchev–Trinajstić information content (AvgIpc) is 2.83. The van der Waals surface area contributed by atoms with E-state index < -0.39 is 0 Å². The van der Waals surface area contributed by atoms with Crippen LogP contribution < -0.4 is 0 Å².